The molecule has 0 aromatic heterocycles. The van der Waals surface area contributed by atoms with Crippen LogP contribution < -0.4 is 5.32 Å². The molecule has 1 saturated carbocycles. The molecule has 1 aliphatic rings. The summed E-state index contributed by atoms with van der Waals surface area (Å²) in [6.07, 6.45) is 2.39. The number of amides is 1. The summed E-state index contributed by atoms with van der Waals surface area (Å²) in [5.41, 5.74) is 0.288. The van der Waals surface area contributed by atoms with Crippen LogP contribution in [0.2, 0.25) is 0 Å². The largest absolute Gasteiger partial charge is 0.364 e. The van der Waals surface area contributed by atoms with Gasteiger partial charge in [0.2, 0.25) is 5.91 Å². The second kappa shape index (κ2) is 8.61. The van der Waals surface area contributed by atoms with Crippen LogP contribution in [0.15, 0.2) is 30.3 Å². The zero-order valence-corrected chi connectivity index (χ0v) is 15.9. The van der Waals surface area contributed by atoms with E-state index in [1.807, 2.05) is 37.3 Å². The Balaban J connectivity index is 2.06. The molecule has 3 atom stereocenters. The van der Waals surface area contributed by atoms with Gasteiger partial charge in [0.15, 0.2) is 5.78 Å². The first-order chi connectivity index (χ1) is 11.9. The predicted molar refractivity (Wildman–Crippen MR) is 99.0 cm³/mol. The molecule has 1 fully saturated rings. The van der Waals surface area contributed by atoms with Gasteiger partial charge in [-0.15, -0.1) is 0 Å². The number of ether oxygens (including phenoxy) is 1. The van der Waals surface area contributed by atoms with Gasteiger partial charge in [-0.05, 0) is 37.2 Å². The molecule has 2 rings (SSSR count). The SMILES string of the molecule is CCC1CCC(=O)[C@]1(C)NC(=O)[C@H](CC(C)C)OCc1ccccc1. The second-order valence-corrected chi connectivity index (χ2v) is 7.67. The van der Waals surface area contributed by atoms with Gasteiger partial charge in [0, 0.05) is 6.42 Å². The Hall–Kier alpha value is -1.68. The van der Waals surface area contributed by atoms with Crippen molar-refractivity contribution in [3.63, 3.8) is 0 Å². The molecule has 1 N–H and O–H groups in total. The highest BCUT2D eigenvalue weighted by molar-refractivity contribution is 5.95. The quantitative estimate of drug-likeness (QED) is 0.778. The minimum absolute atomic E-state index is 0.138. The first-order valence-electron chi connectivity index (χ1n) is 9.37. The number of benzene rings is 1. The Bertz CT molecular complexity index is 584. The van der Waals surface area contributed by atoms with E-state index >= 15 is 0 Å². The number of hydrogen-bond acceptors (Lipinski definition) is 3. The van der Waals surface area contributed by atoms with Crippen molar-refractivity contribution in [1.29, 1.82) is 0 Å². The van der Waals surface area contributed by atoms with Crippen LogP contribution >= 0.6 is 0 Å². The number of ketones is 1. The van der Waals surface area contributed by atoms with Crippen molar-refractivity contribution in [3.8, 4) is 0 Å². The van der Waals surface area contributed by atoms with Gasteiger partial charge in [-0.2, -0.15) is 0 Å². The lowest BCUT2D eigenvalue weighted by atomic mass is 9.86. The van der Waals surface area contributed by atoms with Gasteiger partial charge in [0.25, 0.3) is 0 Å². The maximum Gasteiger partial charge on any atom is 0.249 e. The van der Waals surface area contributed by atoms with E-state index in [0.717, 1.165) is 18.4 Å². The minimum atomic E-state index is -0.753. The molecule has 138 valence electrons. The fourth-order valence-corrected chi connectivity index (χ4v) is 3.65. The minimum Gasteiger partial charge on any atom is -0.364 e. The van der Waals surface area contributed by atoms with Crippen LogP contribution in [0.25, 0.3) is 0 Å². The Morgan fingerprint density at radius 3 is 2.60 bits per heavy atom. The summed E-state index contributed by atoms with van der Waals surface area (Å²) in [5, 5.41) is 3.03. The third kappa shape index (κ3) is 4.91. The number of rotatable bonds is 8. The summed E-state index contributed by atoms with van der Waals surface area (Å²) < 4.78 is 5.94. The standard InChI is InChI=1S/C21H31NO3/c1-5-17-11-12-19(23)21(17,4)22-20(24)18(13-15(2)3)25-14-16-9-7-6-8-10-16/h6-10,15,17-18H,5,11-14H2,1-4H3,(H,22,24)/t17?,18-,21+/m0/s1. The average Bonchev–Trinajstić information content (AvgIpc) is 2.86. The molecule has 4 nitrogen and oxygen atoms in total. The van der Waals surface area contributed by atoms with Crippen molar-refractivity contribution in [3.05, 3.63) is 35.9 Å². The van der Waals surface area contributed by atoms with E-state index in [9.17, 15) is 9.59 Å². The van der Waals surface area contributed by atoms with Crippen LogP contribution in [-0.2, 0) is 20.9 Å². The van der Waals surface area contributed by atoms with Crippen LogP contribution in [-0.4, -0.2) is 23.3 Å². The highest BCUT2D eigenvalue weighted by atomic mass is 16.5. The van der Waals surface area contributed by atoms with E-state index in [1.54, 1.807) is 0 Å². The van der Waals surface area contributed by atoms with E-state index in [4.69, 9.17) is 4.74 Å². The number of Topliss-reactive ketones (excluding diaryl/α,β-unsaturated/α-hetero) is 1. The van der Waals surface area contributed by atoms with Gasteiger partial charge in [-0.1, -0.05) is 57.5 Å². The summed E-state index contributed by atoms with van der Waals surface area (Å²) in [7, 11) is 0. The third-order valence-electron chi connectivity index (χ3n) is 5.26. The van der Waals surface area contributed by atoms with Crippen LogP contribution in [0.3, 0.4) is 0 Å². The van der Waals surface area contributed by atoms with Crippen LogP contribution in [0.5, 0.6) is 0 Å². The van der Waals surface area contributed by atoms with Crippen molar-refractivity contribution >= 4 is 11.7 Å². The zero-order valence-electron chi connectivity index (χ0n) is 15.9. The molecule has 0 saturated heterocycles. The molecule has 1 amide bonds. The maximum atomic E-state index is 12.9. The topological polar surface area (TPSA) is 55.4 Å². The van der Waals surface area contributed by atoms with Crippen LogP contribution in [0.1, 0.15) is 58.9 Å². The molecular weight excluding hydrogens is 314 g/mol. The van der Waals surface area contributed by atoms with Crippen LogP contribution in [0.4, 0.5) is 0 Å². The van der Waals surface area contributed by atoms with E-state index in [0.29, 0.717) is 25.4 Å². The Labute approximate surface area is 151 Å². The first kappa shape index (κ1) is 19.6. The van der Waals surface area contributed by atoms with Gasteiger partial charge in [-0.3, -0.25) is 9.59 Å². The monoisotopic (exact) mass is 345 g/mol. The van der Waals surface area contributed by atoms with E-state index in [2.05, 4.69) is 26.1 Å². The van der Waals surface area contributed by atoms with E-state index in [1.165, 1.54) is 0 Å². The number of carbonyl (C=O) groups is 2. The van der Waals surface area contributed by atoms with Crippen molar-refractivity contribution < 1.29 is 14.3 Å². The fourth-order valence-electron chi connectivity index (χ4n) is 3.65. The lowest BCUT2D eigenvalue weighted by Gasteiger charge is -2.32. The molecule has 25 heavy (non-hydrogen) atoms. The fraction of sp³-hybridized carbons (Fsp3) is 0.619. The first-order valence-corrected chi connectivity index (χ1v) is 9.37. The lowest BCUT2D eigenvalue weighted by molar-refractivity contribution is -0.140. The Morgan fingerprint density at radius 2 is 2.00 bits per heavy atom. The molecular formula is C21H31NO3. The molecule has 1 aliphatic carbocycles. The number of nitrogens with one attached hydrogen (secondary N) is 1. The van der Waals surface area contributed by atoms with Crippen molar-refractivity contribution in [2.45, 2.75) is 71.6 Å². The number of hydrogen-bond donors (Lipinski definition) is 1. The molecule has 0 radical (unpaired) electrons. The molecule has 4 heteroatoms. The van der Waals surface area contributed by atoms with Crippen molar-refractivity contribution in [1.82, 2.24) is 5.32 Å². The second-order valence-electron chi connectivity index (χ2n) is 7.67. The molecule has 0 aliphatic heterocycles. The molecule has 1 aromatic carbocycles. The summed E-state index contributed by atoms with van der Waals surface area (Å²) in [6, 6.07) is 9.85. The van der Waals surface area contributed by atoms with Crippen molar-refractivity contribution in [2.24, 2.45) is 11.8 Å². The van der Waals surface area contributed by atoms with Gasteiger partial charge in [-0.25, -0.2) is 0 Å². The Morgan fingerprint density at radius 1 is 1.32 bits per heavy atom. The normalized spacial score (nSPS) is 24.5. The van der Waals surface area contributed by atoms with E-state index < -0.39 is 11.6 Å². The zero-order chi connectivity index (χ0) is 18.4. The van der Waals surface area contributed by atoms with Gasteiger partial charge in [0.05, 0.1) is 12.1 Å². The third-order valence-corrected chi connectivity index (χ3v) is 5.26. The highest BCUT2D eigenvalue weighted by Crippen LogP contribution is 2.35. The van der Waals surface area contributed by atoms with E-state index in [-0.39, 0.29) is 17.6 Å². The molecule has 0 spiro atoms. The highest BCUT2D eigenvalue weighted by Gasteiger charge is 2.46. The smallest absolute Gasteiger partial charge is 0.249 e. The maximum absolute atomic E-state index is 12.9. The summed E-state index contributed by atoms with van der Waals surface area (Å²) in [6.45, 7) is 8.49. The summed E-state index contributed by atoms with van der Waals surface area (Å²) >= 11 is 0. The average molecular weight is 345 g/mol. The van der Waals surface area contributed by atoms with Crippen molar-refractivity contribution in [2.75, 3.05) is 0 Å². The molecule has 0 heterocycles. The number of carbonyl (C=O) groups excluding carboxylic acids is 2. The Kier molecular flexibility index (Phi) is 6.77. The van der Waals surface area contributed by atoms with Crippen LogP contribution in [0, 0.1) is 11.8 Å². The molecule has 1 unspecified atom stereocenters. The summed E-state index contributed by atoms with van der Waals surface area (Å²) in [4.78, 5) is 25.2. The lowest BCUT2D eigenvalue weighted by Crippen LogP contribution is -2.56. The molecule has 1 aromatic rings. The van der Waals surface area contributed by atoms with Gasteiger partial charge in [0.1, 0.15) is 6.10 Å². The van der Waals surface area contributed by atoms with Gasteiger partial charge < -0.3 is 10.1 Å². The molecule has 0 bridgehead atoms. The predicted octanol–water partition coefficient (Wildman–Crippen LogP) is 3.88. The van der Waals surface area contributed by atoms with Gasteiger partial charge >= 0.3 is 0 Å². The summed E-state index contributed by atoms with van der Waals surface area (Å²) in [5.74, 6) is 0.512.